The standard InChI is InChI=1S/C14H20BrNO2/c1-10-3-2-4-11(7-10)5-6-16-9-12(15)8-13(16)14(17)18/h8-11H,2-7H2,1H3,(H,17,18). The third-order valence-electron chi connectivity index (χ3n) is 3.91. The second-order valence-electron chi connectivity index (χ2n) is 5.47. The summed E-state index contributed by atoms with van der Waals surface area (Å²) in [4.78, 5) is 11.1. The lowest BCUT2D eigenvalue weighted by Crippen LogP contribution is -2.16. The number of aryl methyl sites for hydroxylation is 1. The van der Waals surface area contributed by atoms with E-state index in [2.05, 4.69) is 22.9 Å². The zero-order valence-corrected chi connectivity index (χ0v) is 12.3. The van der Waals surface area contributed by atoms with Crippen LogP contribution in [0, 0.1) is 11.8 Å². The normalized spacial score (nSPS) is 24.1. The molecule has 4 heteroatoms. The largest absolute Gasteiger partial charge is 0.477 e. The minimum Gasteiger partial charge on any atom is -0.477 e. The molecule has 0 aromatic carbocycles. The highest BCUT2D eigenvalue weighted by atomic mass is 79.9. The van der Waals surface area contributed by atoms with Gasteiger partial charge in [0.25, 0.3) is 0 Å². The molecule has 1 aliphatic carbocycles. The molecule has 0 aliphatic heterocycles. The average molecular weight is 314 g/mol. The van der Waals surface area contributed by atoms with Gasteiger partial charge in [-0.15, -0.1) is 0 Å². The second kappa shape index (κ2) is 5.91. The van der Waals surface area contributed by atoms with Gasteiger partial charge in [-0.2, -0.15) is 0 Å². The fraction of sp³-hybridized carbons (Fsp3) is 0.643. The highest BCUT2D eigenvalue weighted by Crippen LogP contribution is 2.31. The summed E-state index contributed by atoms with van der Waals surface area (Å²) in [6.45, 7) is 3.13. The molecule has 0 radical (unpaired) electrons. The molecule has 1 aromatic heterocycles. The molecule has 100 valence electrons. The Morgan fingerprint density at radius 2 is 2.33 bits per heavy atom. The lowest BCUT2D eigenvalue weighted by molar-refractivity contribution is 0.0684. The Hall–Kier alpha value is -0.770. The summed E-state index contributed by atoms with van der Waals surface area (Å²) in [5.41, 5.74) is 0.380. The molecule has 1 aliphatic rings. The molecular formula is C14H20BrNO2. The Kier molecular flexibility index (Phi) is 4.49. The van der Waals surface area contributed by atoms with E-state index in [1.54, 1.807) is 6.07 Å². The van der Waals surface area contributed by atoms with Gasteiger partial charge >= 0.3 is 5.97 Å². The number of aromatic carboxylic acids is 1. The Labute approximate surface area is 116 Å². The minimum atomic E-state index is -0.849. The molecule has 2 rings (SSSR count). The first kappa shape index (κ1) is 13.7. The summed E-state index contributed by atoms with van der Waals surface area (Å²) in [5.74, 6) is 0.744. The Morgan fingerprint density at radius 1 is 1.56 bits per heavy atom. The van der Waals surface area contributed by atoms with Crippen molar-refractivity contribution < 1.29 is 9.90 Å². The van der Waals surface area contributed by atoms with Gasteiger partial charge < -0.3 is 9.67 Å². The van der Waals surface area contributed by atoms with E-state index < -0.39 is 5.97 Å². The van der Waals surface area contributed by atoms with Gasteiger partial charge in [0.1, 0.15) is 5.69 Å². The first-order chi connectivity index (χ1) is 8.56. The van der Waals surface area contributed by atoms with E-state index in [1.165, 1.54) is 25.7 Å². The van der Waals surface area contributed by atoms with E-state index in [9.17, 15) is 4.79 Å². The first-order valence-corrected chi connectivity index (χ1v) is 7.44. The maximum atomic E-state index is 11.1. The average Bonchev–Trinajstić information content (AvgIpc) is 2.68. The van der Waals surface area contributed by atoms with Gasteiger partial charge in [0, 0.05) is 17.2 Å². The Balaban J connectivity index is 1.95. The van der Waals surface area contributed by atoms with Crippen LogP contribution >= 0.6 is 15.9 Å². The second-order valence-corrected chi connectivity index (χ2v) is 6.38. The highest BCUT2D eigenvalue weighted by molar-refractivity contribution is 9.10. The molecule has 1 heterocycles. The summed E-state index contributed by atoms with van der Waals surface area (Å²) in [7, 11) is 0. The maximum Gasteiger partial charge on any atom is 0.352 e. The predicted octanol–water partition coefficient (Wildman–Crippen LogP) is 4.17. The lowest BCUT2D eigenvalue weighted by Gasteiger charge is -2.26. The van der Waals surface area contributed by atoms with Crippen molar-refractivity contribution in [1.82, 2.24) is 4.57 Å². The van der Waals surface area contributed by atoms with Crippen molar-refractivity contribution in [3.63, 3.8) is 0 Å². The molecular weight excluding hydrogens is 294 g/mol. The Bertz CT molecular complexity index is 427. The number of carbonyl (C=O) groups is 1. The van der Waals surface area contributed by atoms with Crippen LogP contribution in [0.1, 0.15) is 49.5 Å². The lowest BCUT2D eigenvalue weighted by atomic mass is 9.81. The monoisotopic (exact) mass is 313 g/mol. The van der Waals surface area contributed by atoms with Crippen LogP contribution in [-0.2, 0) is 6.54 Å². The zero-order chi connectivity index (χ0) is 13.1. The maximum absolute atomic E-state index is 11.1. The van der Waals surface area contributed by atoms with Gasteiger partial charge in [-0.3, -0.25) is 0 Å². The molecule has 0 bridgehead atoms. The van der Waals surface area contributed by atoms with Crippen LogP contribution in [0.15, 0.2) is 16.7 Å². The van der Waals surface area contributed by atoms with Crippen molar-refractivity contribution in [2.45, 2.75) is 45.6 Å². The van der Waals surface area contributed by atoms with Gasteiger partial charge in [0.2, 0.25) is 0 Å². The first-order valence-electron chi connectivity index (χ1n) is 6.65. The van der Waals surface area contributed by atoms with Crippen molar-refractivity contribution in [2.24, 2.45) is 11.8 Å². The van der Waals surface area contributed by atoms with E-state index in [4.69, 9.17) is 5.11 Å². The number of carboxylic acids is 1. The predicted molar refractivity (Wildman–Crippen MR) is 74.8 cm³/mol. The quantitative estimate of drug-likeness (QED) is 0.906. The molecule has 0 spiro atoms. The molecule has 0 amide bonds. The zero-order valence-electron chi connectivity index (χ0n) is 10.7. The number of hydrogen-bond acceptors (Lipinski definition) is 1. The summed E-state index contributed by atoms with van der Waals surface area (Å²) < 4.78 is 2.70. The number of halogens is 1. The molecule has 18 heavy (non-hydrogen) atoms. The van der Waals surface area contributed by atoms with E-state index in [0.717, 1.165) is 29.3 Å². The van der Waals surface area contributed by atoms with Crippen LogP contribution in [0.5, 0.6) is 0 Å². The Morgan fingerprint density at radius 3 is 3.00 bits per heavy atom. The topological polar surface area (TPSA) is 42.2 Å². The van der Waals surface area contributed by atoms with Gasteiger partial charge in [-0.25, -0.2) is 4.79 Å². The van der Waals surface area contributed by atoms with Crippen molar-refractivity contribution in [1.29, 1.82) is 0 Å². The molecule has 1 aromatic rings. The minimum absolute atomic E-state index is 0.380. The molecule has 1 fully saturated rings. The molecule has 1 N–H and O–H groups in total. The van der Waals surface area contributed by atoms with Crippen molar-refractivity contribution in [2.75, 3.05) is 0 Å². The van der Waals surface area contributed by atoms with Gasteiger partial charge in [-0.05, 0) is 46.7 Å². The van der Waals surface area contributed by atoms with Gasteiger partial charge in [0.15, 0.2) is 0 Å². The van der Waals surface area contributed by atoms with Gasteiger partial charge in [-0.1, -0.05) is 26.2 Å². The number of carboxylic acid groups (broad SMARTS) is 1. The highest BCUT2D eigenvalue weighted by Gasteiger charge is 2.19. The fourth-order valence-corrected chi connectivity index (χ4v) is 3.45. The van der Waals surface area contributed by atoms with Crippen LogP contribution in [-0.4, -0.2) is 15.6 Å². The van der Waals surface area contributed by atoms with E-state index in [1.807, 2.05) is 10.8 Å². The summed E-state index contributed by atoms with van der Waals surface area (Å²) in [5, 5.41) is 9.12. The summed E-state index contributed by atoms with van der Waals surface area (Å²) in [6, 6.07) is 1.67. The number of hydrogen-bond donors (Lipinski definition) is 1. The number of aromatic nitrogens is 1. The van der Waals surface area contributed by atoms with E-state index >= 15 is 0 Å². The number of rotatable bonds is 4. The van der Waals surface area contributed by atoms with E-state index in [0.29, 0.717) is 5.69 Å². The van der Waals surface area contributed by atoms with Crippen molar-refractivity contribution in [3.8, 4) is 0 Å². The third-order valence-corrected chi connectivity index (χ3v) is 4.34. The molecule has 2 atom stereocenters. The molecule has 0 saturated heterocycles. The van der Waals surface area contributed by atoms with Crippen LogP contribution in [0.4, 0.5) is 0 Å². The van der Waals surface area contributed by atoms with Crippen LogP contribution in [0.2, 0.25) is 0 Å². The fourth-order valence-electron chi connectivity index (χ4n) is 2.98. The van der Waals surface area contributed by atoms with Crippen molar-refractivity contribution in [3.05, 3.63) is 22.4 Å². The van der Waals surface area contributed by atoms with E-state index in [-0.39, 0.29) is 0 Å². The SMILES string of the molecule is CC1CCCC(CCn2cc(Br)cc2C(=O)O)C1. The molecule has 2 unspecified atom stereocenters. The molecule has 3 nitrogen and oxygen atoms in total. The van der Waals surface area contributed by atoms with Crippen LogP contribution < -0.4 is 0 Å². The smallest absolute Gasteiger partial charge is 0.352 e. The summed E-state index contributed by atoms with van der Waals surface area (Å²) in [6.07, 6.45) is 8.24. The summed E-state index contributed by atoms with van der Waals surface area (Å²) >= 11 is 3.34. The third kappa shape index (κ3) is 3.37. The van der Waals surface area contributed by atoms with Crippen LogP contribution in [0.3, 0.4) is 0 Å². The van der Waals surface area contributed by atoms with Crippen LogP contribution in [0.25, 0.3) is 0 Å². The molecule has 1 saturated carbocycles. The van der Waals surface area contributed by atoms with Gasteiger partial charge in [0.05, 0.1) is 0 Å². The number of nitrogens with zero attached hydrogens (tertiary/aromatic N) is 1. The van der Waals surface area contributed by atoms with Crippen molar-refractivity contribution >= 4 is 21.9 Å².